The zero-order valence-electron chi connectivity index (χ0n) is 65.4. The molecule has 0 unspecified atom stereocenters. The Bertz CT molecular complexity index is 6150. The van der Waals surface area contributed by atoms with E-state index in [0.29, 0.717) is 50.8 Å². The molecule has 0 aliphatic heterocycles. The van der Waals surface area contributed by atoms with E-state index in [2.05, 4.69) is 51.9 Å². The number of fused-ring (bicyclic) bond motifs is 7. The van der Waals surface area contributed by atoms with Gasteiger partial charge in [-0.3, -0.25) is 13.6 Å². The van der Waals surface area contributed by atoms with Gasteiger partial charge in [0.1, 0.15) is 22.0 Å². The van der Waals surface area contributed by atoms with Crippen molar-refractivity contribution in [3.05, 3.63) is 235 Å². The van der Waals surface area contributed by atoms with Crippen molar-refractivity contribution in [2.24, 2.45) is 5.73 Å². The first-order chi connectivity index (χ1) is 56.2. The minimum atomic E-state index is -4.64. The lowest BCUT2D eigenvalue weighted by molar-refractivity contribution is -0.156. The Hall–Kier alpha value is -13.2. The number of hydrogen-bond donors (Lipinski definition) is 7. The van der Waals surface area contributed by atoms with Crippen molar-refractivity contribution in [2.45, 2.75) is 132 Å². The second-order valence-electron chi connectivity index (χ2n) is 31.2. The van der Waals surface area contributed by atoms with E-state index in [-0.39, 0.29) is 24.9 Å². The molecule has 23 nitrogen and oxygen atoms in total. The number of halogens is 10. The summed E-state index contributed by atoms with van der Waals surface area (Å²) in [5, 5.41) is 31.5. The molecule has 6 aromatic carbocycles. The molecule has 3 saturated carbocycles. The quantitative estimate of drug-likeness (QED) is 0.0467. The van der Waals surface area contributed by atoms with E-state index in [1.165, 1.54) is 0 Å². The van der Waals surface area contributed by atoms with E-state index in [4.69, 9.17) is 57.4 Å². The molecule has 3 aliphatic rings. The van der Waals surface area contributed by atoms with E-state index in [1.54, 1.807) is 104 Å². The molecular weight excluding hydrogens is 1630 g/mol. The summed E-state index contributed by atoms with van der Waals surface area (Å²) in [4.78, 5) is 54.3. The normalized spacial score (nSPS) is 15.5. The van der Waals surface area contributed by atoms with Crippen LogP contribution >= 0.6 is 15.9 Å². The third kappa shape index (κ3) is 19.0. The smallest absolute Gasteiger partial charge is 0.444 e. The molecule has 33 heteroatoms. The minimum absolute atomic E-state index is 0. The lowest BCUT2D eigenvalue weighted by Gasteiger charge is -2.48. The van der Waals surface area contributed by atoms with E-state index in [1.807, 2.05) is 170 Å². The first-order valence-electron chi connectivity index (χ1n) is 37.1. The number of nitrogen functional groups attached to an aromatic ring is 3. The number of alkyl carbamates (subject to hydrolysis) is 2. The maximum absolute atomic E-state index is 14.1. The summed E-state index contributed by atoms with van der Waals surface area (Å²) >= 11 is 2.45. The van der Waals surface area contributed by atoms with Gasteiger partial charge < -0.3 is 49.2 Å². The predicted octanol–water partition coefficient (Wildman–Crippen LogP) is 19.6. The van der Waals surface area contributed by atoms with Crippen molar-refractivity contribution >= 4 is 96.1 Å². The van der Waals surface area contributed by atoms with Gasteiger partial charge in [0, 0.05) is 123 Å². The number of amides is 2. The van der Waals surface area contributed by atoms with E-state index < -0.39 is 95.9 Å². The maximum Gasteiger partial charge on any atom is 0.446 e. The molecule has 618 valence electrons. The number of rotatable bonds is 11. The predicted molar refractivity (Wildman–Crippen MR) is 444 cm³/mol. The number of anilines is 3. The van der Waals surface area contributed by atoms with Crippen molar-refractivity contribution < 1.29 is 63.4 Å². The number of ether oxygens (including phenoxy) is 2. The molecule has 0 saturated heterocycles. The van der Waals surface area contributed by atoms with Gasteiger partial charge in [0.05, 0.1) is 50.2 Å². The number of benzene rings is 6. The summed E-state index contributed by atoms with van der Waals surface area (Å²) in [7, 11) is 0. The highest BCUT2D eigenvalue weighted by Crippen LogP contribution is 2.55. The van der Waals surface area contributed by atoms with E-state index in [0.717, 1.165) is 88.8 Å². The van der Waals surface area contributed by atoms with Crippen LogP contribution in [0.1, 0.15) is 96.8 Å². The molecule has 0 spiro atoms. The van der Waals surface area contributed by atoms with Crippen molar-refractivity contribution in [1.82, 2.24) is 65.9 Å². The monoisotopic (exact) mass is 1710 g/mol. The van der Waals surface area contributed by atoms with Crippen LogP contribution in [-0.4, -0.2) is 103 Å². The molecule has 3 fully saturated rings. The molecule has 0 bridgehead atoms. The topological polar surface area (TPSA) is 369 Å². The molecule has 120 heavy (non-hydrogen) atoms. The summed E-state index contributed by atoms with van der Waals surface area (Å²) in [5.74, 6) is -7.43. The summed E-state index contributed by atoms with van der Waals surface area (Å²) in [5.41, 5.74) is 34.9. The van der Waals surface area contributed by atoms with E-state index in [9.17, 15) is 49.1 Å². The number of nitrogens with one attached hydrogen (secondary N) is 2. The SMILES string of the molecule is CC(C)(C)OC(=O)NC1(c2ccc(-c3nc4ccn5c(N)nnc5c4cc3-c3ccccc3)cc2)CC(F)(F)C1.CC(C)(C)OC(=O)NC1(c2ccc(-c3nc4ccnc(N)c4cc3-c3ccccc3)cc2)CC(F)(F)C1.N.N#CBr.Nc1nnc2c3cc(-c4ccccc4)c(-c4ccc(C5(N)CC(F)(F)C5)cc4)nc3ccn12.O=CC(F)(F)F. The van der Waals surface area contributed by atoms with Crippen molar-refractivity contribution in [1.29, 1.82) is 5.26 Å². The molecule has 2 amide bonds. The number of carbonyl (C=O) groups excluding carboxylic acids is 3. The zero-order valence-corrected chi connectivity index (χ0v) is 66.9. The van der Waals surface area contributed by atoms with Crippen LogP contribution in [0.25, 0.3) is 111 Å². The molecule has 8 heterocycles. The van der Waals surface area contributed by atoms with Crippen LogP contribution in [0.4, 0.5) is 66.8 Å². The van der Waals surface area contributed by atoms with Crippen molar-refractivity contribution in [3.8, 4) is 72.1 Å². The van der Waals surface area contributed by atoms with Crippen LogP contribution in [0.2, 0.25) is 0 Å². The van der Waals surface area contributed by atoms with Gasteiger partial charge in [0.25, 0.3) is 17.8 Å². The Morgan fingerprint density at radius 3 is 1.09 bits per heavy atom. The number of nitrogens with zero attached hydrogens (tertiary/aromatic N) is 11. The minimum Gasteiger partial charge on any atom is -0.444 e. The van der Waals surface area contributed by atoms with E-state index >= 15 is 0 Å². The molecule has 13 N–H and O–H groups in total. The first-order valence-corrected chi connectivity index (χ1v) is 37.9. The highest BCUT2D eigenvalue weighted by Gasteiger charge is 2.60. The fourth-order valence-electron chi connectivity index (χ4n) is 14.8. The van der Waals surface area contributed by atoms with Gasteiger partial charge in [0.2, 0.25) is 18.2 Å². The van der Waals surface area contributed by atoms with Crippen LogP contribution < -0.4 is 39.7 Å². The highest BCUT2D eigenvalue weighted by molar-refractivity contribution is 9.12. The Balaban J connectivity index is 0.000000157. The van der Waals surface area contributed by atoms with Crippen LogP contribution in [0.15, 0.2) is 219 Å². The number of hydrogen-bond acceptors (Lipinski definition) is 19. The Morgan fingerprint density at radius 1 is 0.475 bits per heavy atom. The lowest BCUT2D eigenvalue weighted by Crippen LogP contribution is -2.60. The van der Waals surface area contributed by atoms with Gasteiger partial charge >= 0.3 is 18.4 Å². The second kappa shape index (κ2) is 33.3. The van der Waals surface area contributed by atoms with Gasteiger partial charge in [-0.2, -0.15) is 18.4 Å². The molecule has 14 aromatic rings. The average molecular weight is 1710 g/mol. The third-order valence-electron chi connectivity index (χ3n) is 20.0. The fraction of sp³-hybridized carbons (Fsp3) is 0.241. The van der Waals surface area contributed by atoms with Gasteiger partial charge in [-0.05, 0) is 111 Å². The number of carbonyl (C=O) groups is 3. The summed E-state index contributed by atoms with van der Waals surface area (Å²) in [6.45, 7) is 10.4. The zero-order chi connectivity index (χ0) is 85.4. The van der Waals surface area contributed by atoms with Crippen LogP contribution in [0.5, 0.6) is 0 Å². The Morgan fingerprint density at radius 2 is 0.783 bits per heavy atom. The molecule has 0 radical (unpaired) electrons. The molecule has 17 rings (SSSR count). The number of aldehydes is 1. The molecular formula is C87H80BrF9N18O5. The van der Waals surface area contributed by atoms with Crippen LogP contribution in [0.3, 0.4) is 0 Å². The van der Waals surface area contributed by atoms with Gasteiger partial charge in [-0.1, -0.05) is 164 Å². The van der Waals surface area contributed by atoms with Gasteiger partial charge in [0.15, 0.2) is 11.3 Å². The largest absolute Gasteiger partial charge is 0.446 e. The van der Waals surface area contributed by atoms with Crippen molar-refractivity contribution in [2.75, 3.05) is 17.2 Å². The number of alkyl halides is 9. The van der Waals surface area contributed by atoms with Gasteiger partial charge in [-0.25, -0.2) is 55.9 Å². The molecule has 0 atom stereocenters. The van der Waals surface area contributed by atoms with Crippen LogP contribution in [0, 0.1) is 10.2 Å². The second-order valence-corrected chi connectivity index (χ2v) is 31.5. The Kier molecular flexibility index (Phi) is 23.9. The van der Waals surface area contributed by atoms with Gasteiger partial charge in [-0.15, -0.1) is 20.4 Å². The number of nitriles is 1. The number of pyridine rings is 6. The molecule has 3 aliphatic carbocycles. The fourth-order valence-corrected chi connectivity index (χ4v) is 14.8. The third-order valence-corrected chi connectivity index (χ3v) is 20.0. The van der Waals surface area contributed by atoms with Crippen molar-refractivity contribution in [3.63, 3.8) is 0 Å². The van der Waals surface area contributed by atoms with Crippen LogP contribution in [-0.2, 0) is 30.9 Å². The lowest BCUT2D eigenvalue weighted by atomic mass is 9.69. The number of nitrogens with two attached hydrogens (primary N) is 4. The number of aromatic nitrogens is 10. The highest BCUT2D eigenvalue weighted by atomic mass is 79.9. The summed E-state index contributed by atoms with van der Waals surface area (Å²) in [6.07, 6.45) is -4.61. The Labute approximate surface area is 689 Å². The average Bonchev–Trinajstić information content (AvgIpc) is 0.828. The summed E-state index contributed by atoms with van der Waals surface area (Å²) < 4.78 is 129. The standard InChI is InChI=1S/C30H28F2N6O2.C29H28F2N4O2.C25H20F2N6.C2HF3O.CBrN.H3N/c1-28(2,3)40-27(39)35-29(16-30(31,32)17-29)20-11-9-19(10-12-20)24-21(18-7-5-4-6-8-18)15-22-23(34-24)13-14-38-25(22)36-37-26(38)33;1-27(2,3)37-26(36)35-28(16-29(30,31)17-28)20-11-9-19(10-12-20)24-21(18-7-5-4-6-8-18)15-22-23(34-24)13-14-33-25(22)32;26-25(27)13-24(29,14-25)17-8-6-16(7-9-17)21-18(15-4-2-1-3-5-15)12-19-20(30-21)10-11-33-22(19)31-32-23(33)28;3-2(4,5)1-6;2-1-3;/h4-15H,16-17H2,1-3H3,(H2,33,37)(H,35,39);4-15H,16-17H2,1-3H3,(H2,32,33)(H,35,36);1-12H,13-14,29H2,(H2,28,32);1H;;1H3. The first kappa shape index (κ1) is 86.2. The maximum atomic E-state index is 14.1. The summed E-state index contributed by atoms with van der Waals surface area (Å²) in [6, 6.07) is 63.0. The molecule has 8 aromatic heterocycles.